The van der Waals surface area contributed by atoms with Crippen molar-refractivity contribution >= 4 is 5.91 Å². The lowest BCUT2D eigenvalue weighted by molar-refractivity contribution is -0.134. The maximum atomic E-state index is 12.0. The first kappa shape index (κ1) is 20.6. The van der Waals surface area contributed by atoms with Crippen LogP contribution in [-0.4, -0.2) is 23.7 Å². The minimum atomic E-state index is -0.406. The van der Waals surface area contributed by atoms with E-state index < -0.39 is 6.61 Å². The van der Waals surface area contributed by atoms with Crippen molar-refractivity contribution in [3.05, 3.63) is 65.7 Å². The Morgan fingerprint density at radius 1 is 0.968 bits per heavy atom. The number of nitrogens with one attached hydrogen (secondary N) is 1. The van der Waals surface area contributed by atoms with E-state index in [1.54, 1.807) is 0 Å². The van der Waals surface area contributed by atoms with Gasteiger partial charge in [-0.3, -0.25) is 4.79 Å². The smallest absolute Gasteiger partial charge is 0.245 e. The number of benzene rings is 2. The number of hydrogen-bond donors (Lipinski definition) is 2. The minimum Gasteiger partial charge on any atom is -0.489 e. The molecule has 0 radical (unpaired) electrons. The summed E-state index contributed by atoms with van der Waals surface area (Å²) in [5.41, 5.74) is 2.70. The molecular weight excluding hydrogens is 386 g/mol. The molecule has 4 heteroatoms. The second kappa shape index (κ2) is 8.66. The van der Waals surface area contributed by atoms with E-state index in [0.717, 1.165) is 30.4 Å². The van der Waals surface area contributed by atoms with Crippen LogP contribution in [0.5, 0.6) is 5.75 Å². The predicted molar refractivity (Wildman–Crippen MR) is 121 cm³/mol. The highest BCUT2D eigenvalue weighted by molar-refractivity contribution is 5.77. The van der Waals surface area contributed by atoms with Gasteiger partial charge in [-0.15, -0.1) is 0 Å². The van der Waals surface area contributed by atoms with Crippen molar-refractivity contribution in [1.82, 2.24) is 5.32 Å². The van der Waals surface area contributed by atoms with E-state index in [0.29, 0.717) is 12.5 Å². The standard InChI is InChI=1S/C27H33NO3/c29-17-25(30)28-26-23-13-21-12-22(14-23)16-27(26,15-21)11-10-19-6-8-24(9-7-19)31-18-20-4-2-1-3-5-20/h1-9,21-23,26,29H,10-18H2,(H,28,30). The van der Waals surface area contributed by atoms with Gasteiger partial charge in [0.2, 0.25) is 5.91 Å². The van der Waals surface area contributed by atoms with E-state index in [1.807, 2.05) is 18.2 Å². The molecule has 4 bridgehead atoms. The molecule has 2 aromatic carbocycles. The zero-order valence-corrected chi connectivity index (χ0v) is 18.1. The van der Waals surface area contributed by atoms with E-state index in [9.17, 15) is 9.90 Å². The first-order valence-corrected chi connectivity index (χ1v) is 11.8. The van der Waals surface area contributed by atoms with Crippen molar-refractivity contribution in [2.45, 2.75) is 57.6 Å². The molecule has 1 amide bonds. The van der Waals surface area contributed by atoms with Crippen LogP contribution in [0.25, 0.3) is 0 Å². The summed E-state index contributed by atoms with van der Waals surface area (Å²) in [4.78, 5) is 12.0. The number of aryl methyl sites for hydroxylation is 1. The molecule has 0 saturated heterocycles. The summed E-state index contributed by atoms with van der Waals surface area (Å²) >= 11 is 0. The van der Waals surface area contributed by atoms with Gasteiger partial charge in [-0.2, -0.15) is 0 Å². The van der Waals surface area contributed by atoms with E-state index in [1.165, 1.54) is 43.2 Å². The quantitative estimate of drug-likeness (QED) is 0.662. The molecule has 4 aliphatic carbocycles. The third-order valence-corrected chi connectivity index (χ3v) is 8.00. The van der Waals surface area contributed by atoms with Crippen molar-refractivity contribution in [3.63, 3.8) is 0 Å². The number of hydrogen-bond acceptors (Lipinski definition) is 3. The first-order valence-electron chi connectivity index (χ1n) is 11.8. The molecule has 0 aromatic heterocycles. The van der Waals surface area contributed by atoms with E-state index in [2.05, 4.69) is 41.7 Å². The molecule has 4 saturated carbocycles. The van der Waals surface area contributed by atoms with Gasteiger partial charge in [0, 0.05) is 6.04 Å². The summed E-state index contributed by atoms with van der Waals surface area (Å²) in [6.45, 7) is 0.177. The van der Waals surface area contributed by atoms with Crippen molar-refractivity contribution < 1.29 is 14.6 Å². The number of carbonyl (C=O) groups is 1. The third-order valence-electron chi connectivity index (χ3n) is 8.00. The molecular formula is C27H33NO3. The lowest BCUT2D eigenvalue weighted by atomic mass is 9.46. The molecule has 3 unspecified atom stereocenters. The number of aliphatic hydroxyl groups is 1. The first-order chi connectivity index (χ1) is 15.1. The van der Waals surface area contributed by atoms with E-state index in [4.69, 9.17) is 4.74 Å². The van der Waals surface area contributed by atoms with Crippen LogP contribution in [0.1, 0.15) is 49.7 Å². The number of amides is 1. The zero-order chi connectivity index (χ0) is 21.3. The summed E-state index contributed by atoms with van der Waals surface area (Å²) in [6.07, 6.45) is 8.48. The van der Waals surface area contributed by atoms with E-state index >= 15 is 0 Å². The Morgan fingerprint density at radius 3 is 2.35 bits per heavy atom. The highest BCUT2D eigenvalue weighted by Crippen LogP contribution is 2.61. The Balaban J connectivity index is 1.23. The number of rotatable bonds is 8. The van der Waals surface area contributed by atoms with Gasteiger partial charge in [0.15, 0.2) is 0 Å². The SMILES string of the molecule is O=C(CO)NC1C2CC3CC(C2)CC1(CCc1ccc(OCc2ccccc2)cc1)C3. The fourth-order valence-electron chi connectivity index (χ4n) is 6.95. The summed E-state index contributed by atoms with van der Waals surface area (Å²) in [5.74, 6) is 2.94. The Bertz CT molecular complexity index is 880. The van der Waals surface area contributed by atoms with Crippen LogP contribution in [0.4, 0.5) is 0 Å². The Morgan fingerprint density at radius 2 is 1.68 bits per heavy atom. The molecule has 0 heterocycles. The highest BCUT2D eigenvalue weighted by atomic mass is 16.5. The minimum absolute atomic E-state index is 0.196. The fraction of sp³-hybridized carbons (Fsp3) is 0.519. The van der Waals surface area contributed by atoms with E-state index in [-0.39, 0.29) is 17.4 Å². The summed E-state index contributed by atoms with van der Waals surface area (Å²) in [7, 11) is 0. The van der Waals surface area contributed by atoms with Crippen molar-refractivity contribution in [1.29, 1.82) is 0 Å². The number of ether oxygens (including phenoxy) is 1. The molecule has 2 N–H and O–H groups in total. The van der Waals surface area contributed by atoms with Gasteiger partial charge in [-0.25, -0.2) is 0 Å². The molecule has 164 valence electrons. The largest absolute Gasteiger partial charge is 0.489 e. The van der Waals surface area contributed by atoms with Crippen molar-refractivity contribution in [3.8, 4) is 5.75 Å². The molecule has 2 aromatic rings. The van der Waals surface area contributed by atoms with Gasteiger partial charge in [0.1, 0.15) is 19.0 Å². The summed E-state index contributed by atoms with van der Waals surface area (Å²) in [6, 6.07) is 19.0. The molecule has 31 heavy (non-hydrogen) atoms. The van der Waals surface area contributed by atoms with Crippen LogP contribution in [0.3, 0.4) is 0 Å². The van der Waals surface area contributed by atoms with Crippen LogP contribution in [0.15, 0.2) is 54.6 Å². The monoisotopic (exact) mass is 419 g/mol. The highest BCUT2D eigenvalue weighted by Gasteiger charge is 2.56. The van der Waals surface area contributed by atoms with Gasteiger partial charge < -0.3 is 15.2 Å². The molecule has 0 aliphatic heterocycles. The Hall–Kier alpha value is -2.33. The van der Waals surface area contributed by atoms with Gasteiger partial charge >= 0.3 is 0 Å². The zero-order valence-electron chi connectivity index (χ0n) is 18.1. The number of aliphatic hydroxyl groups excluding tert-OH is 1. The molecule has 3 atom stereocenters. The van der Waals surface area contributed by atoms with Gasteiger partial charge in [-0.05, 0) is 91.4 Å². The summed E-state index contributed by atoms with van der Waals surface area (Å²) < 4.78 is 5.93. The Labute approximate surface area is 185 Å². The predicted octanol–water partition coefficient (Wildman–Crippen LogP) is 4.50. The lowest BCUT2D eigenvalue weighted by Crippen LogP contribution is -2.62. The lowest BCUT2D eigenvalue weighted by Gasteiger charge is -2.61. The molecule has 4 aliphatic rings. The normalized spacial score (nSPS) is 30.9. The van der Waals surface area contributed by atoms with Crippen LogP contribution >= 0.6 is 0 Å². The Kier molecular flexibility index (Phi) is 5.75. The van der Waals surface area contributed by atoms with Gasteiger partial charge in [0.25, 0.3) is 0 Å². The average molecular weight is 420 g/mol. The number of carbonyl (C=O) groups excluding carboxylic acids is 1. The fourth-order valence-corrected chi connectivity index (χ4v) is 6.95. The molecule has 6 rings (SSSR count). The van der Waals surface area contributed by atoms with Crippen LogP contribution < -0.4 is 10.1 Å². The van der Waals surface area contributed by atoms with Gasteiger partial charge in [0.05, 0.1) is 0 Å². The topological polar surface area (TPSA) is 58.6 Å². The average Bonchev–Trinajstić information content (AvgIpc) is 2.79. The maximum Gasteiger partial charge on any atom is 0.245 e. The van der Waals surface area contributed by atoms with Crippen LogP contribution in [0, 0.1) is 23.2 Å². The van der Waals surface area contributed by atoms with Crippen molar-refractivity contribution in [2.75, 3.05) is 6.61 Å². The van der Waals surface area contributed by atoms with Crippen LogP contribution in [-0.2, 0) is 17.8 Å². The molecule has 0 spiro atoms. The van der Waals surface area contributed by atoms with Crippen molar-refractivity contribution in [2.24, 2.45) is 23.2 Å². The second-order valence-electron chi connectivity index (χ2n) is 10.1. The summed E-state index contributed by atoms with van der Waals surface area (Å²) in [5, 5.41) is 12.5. The molecule has 4 fully saturated rings. The third kappa shape index (κ3) is 4.36. The molecule has 4 nitrogen and oxygen atoms in total. The second-order valence-corrected chi connectivity index (χ2v) is 10.1. The maximum absolute atomic E-state index is 12.0. The van der Waals surface area contributed by atoms with Crippen LogP contribution in [0.2, 0.25) is 0 Å². The van der Waals surface area contributed by atoms with Gasteiger partial charge in [-0.1, -0.05) is 42.5 Å².